The van der Waals surface area contributed by atoms with Gasteiger partial charge in [0.05, 0.1) is 12.1 Å². The minimum absolute atomic E-state index is 0.278. The highest BCUT2D eigenvalue weighted by atomic mass is 19.4. The van der Waals surface area contributed by atoms with Gasteiger partial charge in [0, 0.05) is 12.6 Å². The van der Waals surface area contributed by atoms with Gasteiger partial charge in [-0.05, 0) is 30.9 Å². The number of halogens is 3. The van der Waals surface area contributed by atoms with Crippen molar-refractivity contribution in [2.75, 3.05) is 0 Å². The van der Waals surface area contributed by atoms with Crippen LogP contribution < -0.4 is 5.32 Å². The zero-order chi connectivity index (χ0) is 13.1. The molecule has 0 aromatic carbocycles. The SMILES string of the molecule is CCC1=CNC(C(O)CCC(F)(F)F)C=C1C. The van der Waals surface area contributed by atoms with Crippen molar-refractivity contribution < 1.29 is 18.3 Å². The number of alkyl halides is 3. The van der Waals surface area contributed by atoms with E-state index in [-0.39, 0.29) is 6.42 Å². The molecular weight excluding hydrogens is 231 g/mol. The van der Waals surface area contributed by atoms with Gasteiger partial charge in [0.1, 0.15) is 0 Å². The van der Waals surface area contributed by atoms with Crippen LogP contribution in [-0.2, 0) is 0 Å². The van der Waals surface area contributed by atoms with Gasteiger partial charge >= 0.3 is 6.18 Å². The molecule has 0 bridgehead atoms. The van der Waals surface area contributed by atoms with Gasteiger partial charge in [-0.15, -0.1) is 0 Å². The molecule has 1 rings (SSSR count). The Kier molecular flexibility index (Phi) is 4.62. The number of hydrogen-bond acceptors (Lipinski definition) is 2. The highest BCUT2D eigenvalue weighted by molar-refractivity contribution is 5.33. The lowest BCUT2D eigenvalue weighted by Gasteiger charge is -2.26. The predicted octanol–water partition coefficient (Wildman–Crippen LogP) is 2.90. The van der Waals surface area contributed by atoms with Gasteiger partial charge in [0.2, 0.25) is 0 Å². The van der Waals surface area contributed by atoms with Crippen molar-refractivity contribution >= 4 is 0 Å². The molecule has 2 unspecified atom stereocenters. The van der Waals surface area contributed by atoms with Crippen molar-refractivity contribution in [2.45, 2.75) is 51.4 Å². The fourth-order valence-corrected chi connectivity index (χ4v) is 1.83. The van der Waals surface area contributed by atoms with E-state index in [2.05, 4.69) is 5.32 Å². The molecule has 2 N–H and O–H groups in total. The van der Waals surface area contributed by atoms with Gasteiger partial charge in [0.25, 0.3) is 0 Å². The predicted molar refractivity (Wildman–Crippen MR) is 60.4 cm³/mol. The monoisotopic (exact) mass is 249 g/mol. The second-order valence-electron chi connectivity index (χ2n) is 4.29. The normalized spacial score (nSPS) is 22.6. The molecule has 2 nitrogen and oxygen atoms in total. The highest BCUT2D eigenvalue weighted by Crippen LogP contribution is 2.25. The first-order valence-corrected chi connectivity index (χ1v) is 5.72. The van der Waals surface area contributed by atoms with Crippen molar-refractivity contribution in [3.05, 3.63) is 23.4 Å². The Morgan fingerprint density at radius 2 is 2.12 bits per heavy atom. The summed E-state index contributed by atoms with van der Waals surface area (Å²) in [6.45, 7) is 3.91. The van der Waals surface area contributed by atoms with E-state index in [0.717, 1.165) is 17.6 Å². The zero-order valence-corrected chi connectivity index (χ0v) is 10.0. The summed E-state index contributed by atoms with van der Waals surface area (Å²) in [7, 11) is 0. The second-order valence-corrected chi connectivity index (χ2v) is 4.29. The largest absolute Gasteiger partial charge is 0.391 e. The Labute approximate surface area is 99.2 Å². The molecule has 0 aromatic rings. The minimum atomic E-state index is -4.21. The van der Waals surface area contributed by atoms with Crippen LogP contribution in [0.3, 0.4) is 0 Å². The summed E-state index contributed by atoms with van der Waals surface area (Å²) in [5.74, 6) is 0. The van der Waals surface area contributed by atoms with Crippen molar-refractivity contribution in [3.63, 3.8) is 0 Å². The Morgan fingerprint density at radius 1 is 1.47 bits per heavy atom. The smallest absolute Gasteiger partial charge is 0.389 e. The molecule has 1 heterocycles. The molecule has 2 atom stereocenters. The van der Waals surface area contributed by atoms with E-state index in [1.54, 1.807) is 12.3 Å². The fourth-order valence-electron chi connectivity index (χ4n) is 1.83. The topological polar surface area (TPSA) is 32.3 Å². The van der Waals surface area contributed by atoms with Gasteiger partial charge < -0.3 is 10.4 Å². The van der Waals surface area contributed by atoms with E-state index in [4.69, 9.17) is 0 Å². The third-order valence-corrected chi connectivity index (χ3v) is 2.91. The summed E-state index contributed by atoms with van der Waals surface area (Å²) in [6, 6.07) is -0.423. The van der Waals surface area contributed by atoms with E-state index in [1.165, 1.54) is 0 Å². The van der Waals surface area contributed by atoms with Crippen LogP contribution in [0.25, 0.3) is 0 Å². The van der Waals surface area contributed by atoms with Crippen molar-refractivity contribution in [2.24, 2.45) is 0 Å². The van der Waals surface area contributed by atoms with E-state index in [9.17, 15) is 18.3 Å². The lowest BCUT2D eigenvalue weighted by molar-refractivity contribution is -0.140. The minimum Gasteiger partial charge on any atom is -0.391 e. The number of aliphatic hydroxyl groups excluding tert-OH is 1. The fraction of sp³-hybridized carbons (Fsp3) is 0.667. The highest BCUT2D eigenvalue weighted by Gasteiger charge is 2.30. The number of allylic oxidation sites excluding steroid dienone is 2. The van der Waals surface area contributed by atoms with Gasteiger partial charge in [-0.2, -0.15) is 13.2 Å². The van der Waals surface area contributed by atoms with Crippen LogP contribution in [0.4, 0.5) is 13.2 Å². The molecule has 98 valence electrons. The summed E-state index contributed by atoms with van der Waals surface area (Å²) in [4.78, 5) is 0. The number of hydrogen-bond donors (Lipinski definition) is 2. The van der Waals surface area contributed by atoms with Gasteiger partial charge in [-0.3, -0.25) is 0 Å². The molecule has 0 amide bonds. The Morgan fingerprint density at radius 3 is 2.59 bits per heavy atom. The first kappa shape index (κ1) is 14.1. The lowest BCUT2D eigenvalue weighted by Crippen LogP contribution is -2.38. The number of dihydropyridines is 1. The molecule has 0 saturated carbocycles. The Bertz CT molecular complexity index is 320. The van der Waals surface area contributed by atoms with Crippen LogP contribution in [0.2, 0.25) is 0 Å². The van der Waals surface area contributed by atoms with Crippen LogP contribution in [-0.4, -0.2) is 23.4 Å². The molecule has 5 heteroatoms. The van der Waals surface area contributed by atoms with Crippen molar-refractivity contribution in [3.8, 4) is 0 Å². The van der Waals surface area contributed by atoms with Gasteiger partial charge in [0.15, 0.2) is 0 Å². The van der Waals surface area contributed by atoms with E-state index < -0.39 is 24.7 Å². The summed E-state index contributed by atoms with van der Waals surface area (Å²) in [6.07, 6.45) is -2.03. The van der Waals surface area contributed by atoms with E-state index >= 15 is 0 Å². The second kappa shape index (κ2) is 5.58. The van der Waals surface area contributed by atoms with Crippen LogP contribution in [0.15, 0.2) is 23.4 Å². The number of aliphatic hydroxyl groups is 1. The molecule has 0 radical (unpaired) electrons. The molecule has 1 aliphatic rings. The molecule has 0 saturated heterocycles. The standard InChI is InChI=1S/C12H18F3NO/c1-3-9-7-16-10(6-8(9)2)11(17)4-5-12(13,14)15/h6-7,10-11,16-17H,3-5H2,1-2H3. The Balaban J connectivity index is 2.51. The molecule has 0 spiro atoms. The summed E-state index contributed by atoms with van der Waals surface area (Å²) in [5.41, 5.74) is 2.13. The first-order valence-electron chi connectivity index (χ1n) is 5.72. The van der Waals surface area contributed by atoms with Gasteiger partial charge in [-0.1, -0.05) is 13.0 Å². The molecular formula is C12H18F3NO. The van der Waals surface area contributed by atoms with Crippen molar-refractivity contribution in [1.29, 1.82) is 0 Å². The molecule has 17 heavy (non-hydrogen) atoms. The van der Waals surface area contributed by atoms with E-state index in [0.29, 0.717) is 0 Å². The quantitative estimate of drug-likeness (QED) is 0.803. The van der Waals surface area contributed by atoms with Crippen molar-refractivity contribution in [1.82, 2.24) is 5.32 Å². The van der Waals surface area contributed by atoms with Gasteiger partial charge in [-0.25, -0.2) is 0 Å². The maximum absolute atomic E-state index is 12.0. The average molecular weight is 249 g/mol. The molecule has 0 aliphatic carbocycles. The van der Waals surface area contributed by atoms with E-state index in [1.807, 2.05) is 13.8 Å². The maximum Gasteiger partial charge on any atom is 0.389 e. The summed E-state index contributed by atoms with van der Waals surface area (Å²) >= 11 is 0. The molecule has 1 aliphatic heterocycles. The Hall–Kier alpha value is -0.970. The van der Waals surface area contributed by atoms with Crippen LogP contribution >= 0.6 is 0 Å². The average Bonchev–Trinajstić information content (AvgIpc) is 2.24. The molecule has 0 aromatic heterocycles. The zero-order valence-electron chi connectivity index (χ0n) is 10.0. The first-order chi connectivity index (χ1) is 7.83. The van der Waals surface area contributed by atoms with Crippen LogP contribution in [0.5, 0.6) is 0 Å². The number of rotatable bonds is 4. The number of nitrogens with one attached hydrogen (secondary N) is 1. The lowest BCUT2D eigenvalue weighted by atomic mass is 9.96. The third kappa shape index (κ3) is 4.42. The van der Waals surface area contributed by atoms with Crippen LogP contribution in [0.1, 0.15) is 33.1 Å². The third-order valence-electron chi connectivity index (χ3n) is 2.91. The van der Waals surface area contributed by atoms with Crippen LogP contribution in [0, 0.1) is 0 Å². The summed E-state index contributed by atoms with van der Waals surface area (Å²) in [5, 5.41) is 12.6. The molecule has 0 fully saturated rings. The summed E-state index contributed by atoms with van der Waals surface area (Å²) < 4.78 is 36.1. The maximum atomic E-state index is 12.0.